The Labute approximate surface area is 173 Å². The van der Waals surface area contributed by atoms with Crippen molar-refractivity contribution >= 4 is 28.5 Å². The maximum absolute atomic E-state index is 12.6. The normalized spacial score (nSPS) is 17.6. The maximum atomic E-state index is 12.6. The number of rotatable bonds is 3. The van der Waals surface area contributed by atoms with E-state index in [0.717, 1.165) is 16.3 Å². The van der Waals surface area contributed by atoms with E-state index in [2.05, 4.69) is 15.6 Å². The summed E-state index contributed by atoms with van der Waals surface area (Å²) in [5, 5.41) is 18.7. The molecule has 0 saturated carbocycles. The van der Waals surface area contributed by atoms with Crippen LogP contribution in [0, 0.1) is 0 Å². The van der Waals surface area contributed by atoms with E-state index in [4.69, 9.17) is 4.74 Å². The fourth-order valence-electron chi connectivity index (χ4n) is 3.25. The number of aromatic nitrogens is 1. The number of carbonyl (C=O) groups excluding carboxylic acids is 2. The second-order valence-corrected chi connectivity index (χ2v) is 6.25. The van der Waals surface area contributed by atoms with Crippen molar-refractivity contribution in [2.24, 2.45) is 0 Å². The van der Waals surface area contributed by atoms with Gasteiger partial charge >= 0.3 is 24.9 Å². The molecule has 0 spiro atoms. The van der Waals surface area contributed by atoms with Gasteiger partial charge in [-0.1, -0.05) is 30.3 Å². The summed E-state index contributed by atoms with van der Waals surface area (Å²) >= 11 is 0. The van der Waals surface area contributed by atoms with E-state index in [9.17, 15) is 14.7 Å². The number of benzene rings is 2. The molecule has 0 aliphatic carbocycles. The van der Waals surface area contributed by atoms with E-state index < -0.39 is 24.1 Å². The number of hydrogen-bond acceptors (Lipinski definition) is 5. The van der Waals surface area contributed by atoms with Gasteiger partial charge in [-0.15, -0.1) is 0 Å². The van der Waals surface area contributed by atoms with Crippen molar-refractivity contribution in [1.29, 1.82) is 0 Å². The molecule has 1 aliphatic rings. The largest absolute Gasteiger partial charge is 1.00 e. The predicted octanol–water partition coefficient (Wildman–Crippen LogP) is -0.997. The molecule has 2 unspecified atom stereocenters. The van der Waals surface area contributed by atoms with E-state index in [0.29, 0.717) is 11.4 Å². The van der Waals surface area contributed by atoms with Crippen molar-refractivity contribution < 1.29 is 38.3 Å². The molecular formula is C20H16LiN3O4. The van der Waals surface area contributed by atoms with Gasteiger partial charge in [-0.25, -0.2) is 4.79 Å². The van der Waals surface area contributed by atoms with Crippen molar-refractivity contribution in [3.8, 4) is 5.75 Å². The molecule has 0 fully saturated rings. The van der Waals surface area contributed by atoms with Gasteiger partial charge in [0.15, 0.2) is 0 Å². The molecule has 2 N–H and O–H groups in total. The average Bonchev–Trinajstić information content (AvgIpc) is 2.68. The third kappa shape index (κ3) is 3.96. The third-order valence-corrected chi connectivity index (χ3v) is 4.51. The smallest absolute Gasteiger partial charge is 0.546 e. The number of urea groups is 1. The number of hydrogen-bond donors (Lipinski definition) is 2. The summed E-state index contributed by atoms with van der Waals surface area (Å²) in [7, 11) is 0. The monoisotopic (exact) mass is 369 g/mol. The van der Waals surface area contributed by atoms with Gasteiger partial charge in [0, 0.05) is 35.2 Å². The van der Waals surface area contributed by atoms with E-state index in [1.807, 2.05) is 24.3 Å². The Morgan fingerprint density at radius 2 is 1.93 bits per heavy atom. The Kier molecular flexibility index (Phi) is 5.88. The molecule has 0 radical (unpaired) electrons. The van der Waals surface area contributed by atoms with E-state index in [-0.39, 0.29) is 25.3 Å². The molecule has 7 nitrogen and oxygen atoms in total. The number of para-hydroxylation sites is 1. The van der Waals surface area contributed by atoms with Gasteiger partial charge in [0.05, 0.1) is 17.7 Å². The first-order valence-electron chi connectivity index (χ1n) is 8.48. The molecule has 8 heteroatoms. The number of ether oxygens (including phenoxy) is 1. The standard InChI is InChI=1S/C20H17N3O4.Li/c24-19(25)18-10-16(14-5-1-2-7-17(14)27-18)23-20(26)22-15-6-3-4-12-11-21-9-8-13(12)15;/h1-9,11,16,18H,10H2,(H,24,25)(H2,22,23,26);/q;+1/p-1. The molecule has 2 amide bonds. The van der Waals surface area contributed by atoms with Crippen LogP contribution in [0.1, 0.15) is 18.0 Å². The zero-order chi connectivity index (χ0) is 18.8. The summed E-state index contributed by atoms with van der Waals surface area (Å²) in [6, 6.07) is 13.4. The first-order chi connectivity index (χ1) is 13.1. The fourth-order valence-corrected chi connectivity index (χ4v) is 3.25. The van der Waals surface area contributed by atoms with Gasteiger partial charge in [-0.2, -0.15) is 0 Å². The SMILES string of the molecule is O=C(Nc1cccc2cnccc12)NC1CC(C(=O)[O-])Oc2ccccc21.[Li+]. The van der Waals surface area contributed by atoms with Gasteiger partial charge in [-0.3, -0.25) is 4.98 Å². The number of nitrogens with zero attached hydrogens (tertiary/aromatic N) is 1. The number of carbonyl (C=O) groups is 2. The van der Waals surface area contributed by atoms with Crippen LogP contribution in [0.3, 0.4) is 0 Å². The van der Waals surface area contributed by atoms with Crippen LogP contribution < -0.4 is 39.3 Å². The molecule has 1 aromatic heterocycles. The molecule has 136 valence electrons. The molecule has 1 aliphatic heterocycles. The predicted molar refractivity (Wildman–Crippen MR) is 97.1 cm³/mol. The van der Waals surface area contributed by atoms with Crippen LogP contribution in [0.15, 0.2) is 60.9 Å². The van der Waals surface area contributed by atoms with Crippen LogP contribution in [-0.4, -0.2) is 23.1 Å². The summed E-state index contributed by atoms with van der Waals surface area (Å²) in [6.07, 6.45) is 2.35. The van der Waals surface area contributed by atoms with E-state index >= 15 is 0 Å². The summed E-state index contributed by atoms with van der Waals surface area (Å²) in [6.45, 7) is 0. The number of pyridine rings is 1. The average molecular weight is 369 g/mol. The molecule has 0 saturated heterocycles. The van der Waals surface area contributed by atoms with Crippen molar-refractivity contribution in [2.45, 2.75) is 18.6 Å². The first-order valence-corrected chi connectivity index (χ1v) is 8.48. The van der Waals surface area contributed by atoms with Crippen LogP contribution in [0.5, 0.6) is 5.75 Å². The van der Waals surface area contributed by atoms with Crippen molar-refractivity contribution in [3.05, 3.63) is 66.5 Å². The number of carboxylic acid groups (broad SMARTS) is 1. The van der Waals surface area contributed by atoms with Crippen LogP contribution in [0.2, 0.25) is 0 Å². The minimum Gasteiger partial charge on any atom is -0.546 e. The second kappa shape index (κ2) is 8.34. The summed E-state index contributed by atoms with van der Waals surface area (Å²) in [5.41, 5.74) is 1.37. The third-order valence-electron chi connectivity index (χ3n) is 4.51. The summed E-state index contributed by atoms with van der Waals surface area (Å²) < 4.78 is 5.44. The Morgan fingerprint density at radius 3 is 2.75 bits per heavy atom. The van der Waals surface area contributed by atoms with Crippen molar-refractivity contribution in [1.82, 2.24) is 10.3 Å². The van der Waals surface area contributed by atoms with Crippen molar-refractivity contribution in [3.63, 3.8) is 0 Å². The van der Waals surface area contributed by atoms with E-state index in [1.165, 1.54) is 0 Å². The molecule has 28 heavy (non-hydrogen) atoms. The Balaban J connectivity index is 0.00000225. The van der Waals surface area contributed by atoms with Crippen molar-refractivity contribution in [2.75, 3.05) is 5.32 Å². The second-order valence-electron chi connectivity index (χ2n) is 6.25. The molecule has 0 bridgehead atoms. The number of aliphatic carboxylic acids is 1. The van der Waals surface area contributed by atoms with Gasteiger partial charge in [0.1, 0.15) is 11.9 Å². The number of fused-ring (bicyclic) bond motifs is 2. The first kappa shape index (κ1) is 19.7. The number of anilines is 1. The Bertz CT molecular complexity index is 1020. The molecule has 2 heterocycles. The zero-order valence-corrected chi connectivity index (χ0v) is 15.2. The zero-order valence-electron chi connectivity index (χ0n) is 15.2. The Morgan fingerprint density at radius 1 is 1.11 bits per heavy atom. The van der Waals surface area contributed by atoms with Crippen LogP contribution in [0.4, 0.5) is 10.5 Å². The molecular weight excluding hydrogens is 353 g/mol. The summed E-state index contributed by atoms with van der Waals surface area (Å²) in [4.78, 5) is 27.9. The topological polar surface area (TPSA) is 103 Å². The molecule has 2 aromatic carbocycles. The van der Waals surface area contributed by atoms with Crippen LogP contribution in [-0.2, 0) is 4.79 Å². The fraction of sp³-hybridized carbons (Fsp3) is 0.150. The maximum Gasteiger partial charge on any atom is 1.00 e. The number of amides is 2. The van der Waals surface area contributed by atoms with Gasteiger partial charge < -0.3 is 25.3 Å². The quantitative estimate of drug-likeness (QED) is 0.577. The van der Waals surface area contributed by atoms with Gasteiger partial charge in [-0.05, 0) is 18.2 Å². The molecule has 3 aromatic rings. The number of nitrogens with one attached hydrogen (secondary N) is 2. The van der Waals surface area contributed by atoms with Crippen LogP contribution >= 0.6 is 0 Å². The summed E-state index contributed by atoms with van der Waals surface area (Å²) in [5.74, 6) is -0.877. The van der Waals surface area contributed by atoms with Gasteiger partial charge in [0.2, 0.25) is 0 Å². The van der Waals surface area contributed by atoms with Crippen LogP contribution in [0.25, 0.3) is 10.8 Å². The van der Waals surface area contributed by atoms with Gasteiger partial charge in [0.25, 0.3) is 0 Å². The van der Waals surface area contributed by atoms with E-state index in [1.54, 1.807) is 36.7 Å². The molecule has 4 rings (SSSR count). The minimum absolute atomic E-state index is 0. The Hall–Kier alpha value is -3.01. The minimum atomic E-state index is -1.31. The number of carboxylic acids is 1. The molecule has 2 atom stereocenters.